The smallest absolute Gasteiger partial charge is 0.267 e. The molecule has 174 valence electrons. The molecule has 8 nitrogen and oxygen atoms in total. The molecule has 4 rings (SSSR count). The van der Waals surface area contributed by atoms with Crippen LogP contribution in [-0.2, 0) is 10.0 Å². The Morgan fingerprint density at radius 3 is 2.76 bits per heavy atom. The molecule has 1 amide bonds. The van der Waals surface area contributed by atoms with Gasteiger partial charge >= 0.3 is 0 Å². The molecule has 1 atom stereocenters. The summed E-state index contributed by atoms with van der Waals surface area (Å²) in [4.78, 5) is 21.5. The molecule has 1 fully saturated rings. The van der Waals surface area contributed by atoms with Crippen LogP contribution >= 0.6 is 11.6 Å². The quantitative estimate of drug-likeness (QED) is 0.573. The average Bonchev–Trinajstić information content (AvgIpc) is 2.75. The predicted octanol–water partition coefficient (Wildman–Crippen LogP) is 3.22. The Morgan fingerprint density at radius 2 is 2.06 bits per heavy atom. The topological polar surface area (TPSA) is 118 Å². The summed E-state index contributed by atoms with van der Waals surface area (Å²) >= 11 is 6.29. The third-order valence-corrected chi connectivity index (χ3v) is 6.68. The number of pyridine rings is 2. The molecule has 2 aromatic heterocycles. The number of benzene rings is 1. The van der Waals surface area contributed by atoms with Gasteiger partial charge in [0, 0.05) is 47.6 Å². The number of piperidine rings is 1. The second kappa shape index (κ2) is 8.56. The number of carbonyl (C=O) groups excluding carboxylic acids is 1. The van der Waals surface area contributed by atoms with E-state index < -0.39 is 27.8 Å². The molecule has 12 heteroatoms. The number of fused-ring (bicyclic) bond motifs is 1. The van der Waals surface area contributed by atoms with Gasteiger partial charge in [0.05, 0.1) is 16.8 Å². The molecule has 1 aliphatic heterocycles. The molecule has 3 N–H and O–H groups in total. The number of hydrazine groups is 1. The number of halogens is 3. The number of alkyl halides is 2. The van der Waals surface area contributed by atoms with E-state index in [1.165, 1.54) is 36.3 Å². The summed E-state index contributed by atoms with van der Waals surface area (Å²) in [6, 6.07) is 9.28. The van der Waals surface area contributed by atoms with E-state index >= 15 is 0 Å². The van der Waals surface area contributed by atoms with Crippen molar-refractivity contribution in [2.45, 2.75) is 24.3 Å². The summed E-state index contributed by atoms with van der Waals surface area (Å²) in [6.45, 7) is 1.37. The zero-order valence-electron chi connectivity index (χ0n) is 17.4. The maximum Gasteiger partial charge on any atom is 0.267 e. The van der Waals surface area contributed by atoms with Gasteiger partial charge in [0.1, 0.15) is 0 Å². The van der Waals surface area contributed by atoms with Crippen LogP contribution in [0.4, 0.5) is 8.78 Å². The van der Waals surface area contributed by atoms with Crippen molar-refractivity contribution in [3.05, 3.63) is 53.2 Å². The number of nitrogens with one attached hydrogen (secondary N) is 1. The van der Waals surface area contributed by atoms with Crippen molar-refractivity contribution in [1.29, 1.82) is 0 Å². The summed E-state index contributed by atoms with van der Waals surface area (Å²) in [5, 5.41) is 7.12. The first-order valence-corrected chi connectivity index (χ1v) is 11.9. The lowest BCUT2D eigenvalue weighted by atomic mass is 9.96. The number of primary sulfonamides is 1. The molecule has 0 saturated carbocycles. The minimum Gasteiger partial charge on any atom is -0.285 e. The van der Waals surface area contributed by atoms with Crippen LogP contribution in [0.5, 0.6) is 0 Å². The maximum absolute atomic E-state index is 13.8. The van der Waals surface area contributed by atoms with Crippen molar-refractivity contribution in [2.75, 3.05) is 13.1 Å². The van der Waals surface area contributed by atoms with E-state index in [1.807, 2.05) is 0 Å². The van der Waals surface area contributed by atoms with Gasteiger partial charge in [0.25, 0.3) is 21.9 Å². The van der Waals surface area contributed by atoms with Crippen molar-refractivity contribution in [2.24, 2.45) is 11.1 Å². The molecule has 1 aliphatic rings. The largest absolute Gasteiger partial charge is 0.285 e. The minimum absolute atomic E-state index is 0.0228. The van der Waals surface area contributed by atoms with Gasteiger partial charge in [-0.2, -0.15) is 0 Å². The van der Waals surface area contributed by atoms with Gasteiger partial charge in [-0.25, -0.2) is 37.3 Å². The zero-order chi connectivity index (χ0) is 24.0. The highest BCUT2D eigenvalue weighted by atomic mass is 35.5. The van der Waals surface area contributed by atoms with Crippen LogP contribution in [0.1, 0.15) is 23.7 Å². The van der Waals surface area contributed by atoms with Crippen LogP contribution in [0.3, 0.4) is 0 Å². The van der Waals surface area contributed by atoms with E-state index in [1.54, 1.807) is 18.2 Å². The lowest BCUT2D eigenvalue weighted by molar-refractivity contribution is -0.106. The van der Waals surface area contributed by atoms with Gasteiger partial charge < -0.3 is 0 Å². The van der Waals surface area contributed by atoms with E-state index in [0.717, 1.165) is 0 Å². The Bertz CT molecular complexity index is 1350. The third-order valence-electron chi connectivity index (χ3n) is 5.54. The number of aromatic nitrogens is 2. The van der Waals surface area contributed by atoms with Crippen molar-refractivity contribution >= 4 is 38.4 Å². The van der Waals surface area contributed by atoms with Crippen LogP contribution in [0.25, 0.3) is 22.2 Å². The van der Waals surface area contributed by atoms with E-state index in [-0.39, 0.29) is 35.8 Å². The molecule has 3 aromatic rings. The average molecular weight is 496 g/mol. The Labute approximate surface area is 193 Å². The highest BCUT2D eigenvalue weighted by Crippen LogP contribution is 2.33. The number of hydrogen-bond donors (Lipinski definition) is 2. The number of nitrogens with zero attached hydrogens (tertiary/aromatic N) is 3. The van der Waals surface area contributed by atoms with Gasteiger partial charge in [0.2, 0.25) is 0 Å². The van der Waals surface area contributed by atoms with Gasteiger partial charge in [-0.15, -0.1) is 0 Å². The summed E-state index contributed by atoms with van der Waals surface area (Å²) in [7, 11) is -4.10. The lowest BCUT2D eigenvalue weighted by Gasteiger charge is -2.36. The molecule has 3 heterocycles. The molecular formula is C21H20ClF2N5O3S. The van der Waals surface area contributed by atoms with Gasteiger partial charge in [0.15, 0.2) is 5.03 Å². The van der Waals surface area contributed by atoms with E-state index in [0.29, 0.717) is 21.5 Å². The Balaban J connectivity index is 1.78. The van der Waals surface area contributed by atoms with E-state index in [2.05, 4.69) is 15.4 Å². The normalized spacial score (nSPS) is 18.9. The standard InChI is InChI=1S/C21H20ClF2N5O3S/c1-12-11-29(8-6-21(12,23)24)28-20(30)15-10-14-16(22)3-2-4-17(14)27-19(15)13-5-7-26-18(9-13)33(25,31)32/h2-5,7,9-10,12H,6,8,11H2,1H3,(H,28,30)(H2,25,31,32). The number of amides is 1. The SMILES string of the molecule is CC1CN(NC(=O)c2cc3c(Cl)cccc3nc2-c2ccnc(S(N)(=O)=O)c2)CCC1(F)F. The second-order valence-electron chi connectivity index (χ2n) is 7.92. The van der Waals surface area contributed by atoms with Crippen LogP contribution in [-0.4, -0.2) is 48.3 Å². The Kier molecular flexibility index (Phi) is 6.08. The molecular weight excluding hydrogens is 476 g/mol. The van der Waals surface area contributed by atoms with Crippen molar-refractivity contribution in [1.82, 2.24) is 20.4 Å². The van der Waals surface area contributed by atoms with Gasteiger partial charge in [-0.1, -0.05) is 24.6 Å². The fraction of sp³-hybridized carbons (Fsp3) is 0.286. The minimum atomic E-state index is -4.10. The zero-order valence-corrected chi connectivity index (χ0v) is 19.0. The van der Waals surface area contributed by atoms with Gasteiger partial charge in [-0.3, -0.25) is 10.2 Å². The summed E-state index contributed by atoms with van der Waals surface area (Å²) in [5.74, 6) is -4.33. The van der Waals surface area contributed by atoms with Gasteiger partial charge in [-0.05, 0) is 30.3 Å². The monoisotopic (exact) mass is 495 g/mol. The number of hydrogen-bond acceptors (Lipinski definition) is 6. The fourth-order valence-electron chi connectivity index (χ4n) is 3.66. The van der Waals surface area contributed by atoms with Crippen molar-refractivity contribution in [3.8, 4) is 11.3 Å². The fourth-order valence-corrected chi connectivity index (χ4v) is 4.38. The number of nitrogens with two attached hydrogens (primary N) is 1. The molecule has 0 spiro atoms. The third kappa shape index (κ3) is 4.81. The first kappa shape index (κ1) is 23.4. The molecule has 0 aliphatic carbocycles. The van der Waals surface area contributed by atoms with Crippen LogP contribution in [0.2, 0.25) is 5.02 Å². The number of carbonyl (C=O) groups is 1. The Hall–Kier alpha value is -2.73. The molecule has 1 saturated heterocycles. The van der Waals surface area contributed by atoms with E-state index in [4.69, 9.17) is 16.7 Å². The first-order valence-electron chi connectivity index (χ1n) is 9.98. The molecule has 1 unspecified atom stereocenters. The van der Waals surface area contributed by atoms with Crippen molar-refractivity contribution in [3.63, 3.8) is 0 Å². The molecule has 1 aromatic carbocycles. The number of rotatable bonds is 4. The maximum atomic E-state index is 13.8. The predicted molar refractivity (Wildman–Crippen MR) is 119 cm³/mol. The highest BCUT2D eigenvalue weighted by Gasteiger charge is 2.41. The summed E-state index contributed by atoms with van der Waals surface area (Å²) < 4.78 is 51.2. The van der Waals surface area contributed by atoms with Crippen LogP contribution < -0.4 is 10.6 Å². The van der Waals surface area contributed by atoms with Crippen LogP contribution in [0.15, 0.2) is 47.6 Å². The summed E-state index contributed by atoms with van der Waals surface area (Å²) in [5.41, 5.74) is 3.70. The molecule has 33 heavy (non-hydrogen) atoms. The molecule has 0 radical (unpaired) electrons. The van der Waals surface area contributed by atoms with E-state index in [9.17, 15) is 22.0 Å². The van der Waals surface area contributed by atoms with Crippen LogP contribution in [0, 0.1) is 5.92 Å². The second-order valence-corrected chi connectivity index (χ2v) is 9.83. The first-order chi connectivity index (χ1) is 15.5. The highest BCUT2D eigenvalue weighted by molar-refractivity contribution is 7.89. The Morgan fingerprint density at radius 1 is 1.30 bits per heavy atom. The summed E-state index contributed by atoms with van der Waals surface area (Å²) in [6.07, 6.45) is 0.861. The van der Waals surface area contributed by atoms with Crippen molar-refractivity contribution < 1.29 is 22.0 Å². The molecule has 0 bridgehead atoms. The number of sulfonamides is 1. The lowest BCUT2D eigenvalue weighted by Crippen LogP contribution is -2.53.